The van der Waals surface area contributed by atoms with Crippen LogP contribution in [0.15, 0.2) is 23.6 Å². The summed E-state index contributed by atoms with van der Waals surface area (Å²) in [5, 5.41) is 2.15. The van der Waals surface area contributed by atoms with Gasteiger partial charge in [0, 0.05) is 38.1 Å². The maximum Gasteiger partial charge on any atom is 0.273 e. The van der Waals surface area contributed by atoms with Crippen LogP contribution in [0.3, 0.4) is 0 Å². The Morgan fingerprint density at radius 3 is 2.75 bits per heavy atom. The highest BCUT2D eigenvalue weighted by Crippen LogP contribution is 2.32. The van der Waals surface area contributed by atoms with Crippen LogP contribution < -0.4 is 15.2 Å². The van der Waals surface area contributed by atoms with Gasteiger partial charge in [0.2, 0.25) is 6.79 Å². The first kappa shape index (κ1) is 15.2. The van der Waals surface area contributed by atoms with Gasteiger partial charge >= 0.3 is 0 Å². The molecule has 0 atom stereocenters. The molecule has 1 fully saturated rings. The molecule has 0 bridgehead atoms. The Morgan fingerprint density at radius 2 is 2.00 bits per heavy atom. The smallest absolute Gasteiger partial charge is 0.273 e. The van der Waals surface area contributed by atoms with Crippen LogP contribution in [0.4, 0.5) is 5.13 Å². The lowest BCUT2D eigenvalue weighted by molar-refractivity contribution is 0.0623. The number of piperazine rings is 1. The van der Waals surface area contributed by atoms with Crippen molar-refractivity contribution in [2.75, 3.05) is 38.7 Å². The standard InChI is InChI=1S/C16H18N4O3S/c17-16-18-12(9-24-16)15(21)20-5-3-19(4-6-20)8-11-1-2-13-14(7-11)23-10-22-13/h1-2,7,9H,3-6,8,10H2,(H2,17,18). The van der Waals surface area contributed by atoms with Crippen LogP contribution in [0.2, 0.25) is 0 Å². The van der Waals surface area contributed by atoms with Crippen molar-refractivity contribution in [1.82, 2.24) is 14.8 Å². The number of hydrogen-bond donors (Lipinski definition) is 1. The van der Waals surface area contributed by atoms with Gasteiger partial charge in [-0.15, -0.1) is 11.3 Å². The van der Waals surface area contributed by atoms with Crippen molar-refractivity contribution in [3.63, 3.8) is 0 Å². The fourth-order valence-corrected chi connectivity index (χ4v) is 3.49. The van der Waals surface area contributed by atoms with E-state index in [1.165, 1.54) is 16.9 Å². The molecule has 2 N–H and O–H groups in total. The van der Waals surface area contributed by atoms with Gasteiger partial charge in [0.15, 0.2) is 16.6 Å². The molecule has 24 heavy (non-hydrogen) atoms. The van der Waals surface area contributed by atoms with E-state index in [2.05, 4.69) is 16.0 Å². The fourth-order valence-electron chi connectivity index (χ4n) is 2.95. The first-order valence-corrected chi connectivity index (χ1v) is 8.68. The average molecular weight is 346 g/mol. The predicted molar refractivity (Wildman–Crippen MR) is 90.3 cm³/mol. The number of fused-ring (bicyclic) bond motifs is 1. The molecule has 0 unspecified atom stereocenters. The molecule has 2 aliphatic rings. The van der Waals surface area contributed by atoms with Gasteiger partial charge in [0.25, 0.3) is 5.91 Å². The monoisotopic (exact) mass is 346 g/mol. The number of ether oxygens (including phenoxy) is 2. The average Bonchev–Trinajstić information content (AvgIpc) is 3.23. The number of rotatable bonds is 3. The highest BCUT2D eigenvalue weighted by molar-refractivity contribution is 7.13. The minimum atomic E-state index is -0.0364. The number of carbonyl (C=O) groups is 1. The zero-order chi connectivity index (χ0) is 16.5. The maximum atomic E-state index is 12.4. The van der Waals surface area contributed by atoms with Gasteiger partial charge in [0.05, 0.1) is 0 Å². The Morgan fingerprint density at radius 1 is 1.21 bits per heavy atom. The quantitative estimate of drug-likeness (QED) is 0.905. The summed E-state index contributed by atoms with van der Waals surface area (Å²) in [5.74, 6) is 1.57. The molecule has 1 saturated heterocycles. The van der Waals surface area contributed by atoms with Crippen molar-refractivity contribution in [1.29, 1.82) is 0 Å². The van der Waals surface area contributed by atoms with E-state index in [9.17, 15) is 4.79 Å². The van der Waals surface area contributed by atoms with Gasteiger partial charge in [-0.3, -0.25) is 9.69 Å². The Labute approximate surface area is 143 Å². The molecule has 8 heteroatoms. The van der Waals surface area contributed by atoms with Crippen molar-refractivity contribution in [2.24, 2.45) is 0 Å². The number of nitrogens with two attached hydrogens (primary N) is 1. The largest absolute Gasteiger partial charge is 0.454 e. The maximum absolute atomic E-state index is 12.4. The molecule has 3 heterocycles. The number of nitrogens with zero attached hydrogens (tertiary/aromatic N) is 3. The number of aromatic nitrogens is 1. The first-order chi connectivity index (χ1) is 11.7. The van der Waals surface area contributed by atoms with E-state index in [4.69, 9.17) is 15.2 Å². The van der Waals surface area contributed by atoms with Gasteiger partial charge in [0.1, 0.15) is 5.69 Å². The van der Waals surface area contributed by atoms with Gasteiger partial charge in [-0.05, 0) is 17.7 Å². The summed E-state index contributed by atoms with van der Waals surface area (Å²) in [6.45, 7) is 4.18. The van der Waals surface area contributed by atoms with Crippen LogP contribution in [-0.2, 0) is 6.54 Å². The van der Waals surface area contributed by atoms with E-state index in [-0.39, 0.29) is 5.91 Å². The van der Waals surface area contributed by atoms with Crippen LogP contribution in [0.1, 0.15) is 16.1 Å². The molecule has 0 aliphatic carbocycles. The summed E-state index contributed by atoms with van der Waals surface area (Å²) in [7, 11) is 0. The zero-order valence-corrected chi connectivity index (χ0v) is 13.9. The Balaban J connectivity index is 1.34. The molecule has 2 aliphatic heterocycles. The summed E-state index contributed by atoms with van der Waals surface area (Å²) in [6, 6.07) is 6.03. The third-order valence-electron chi connectivity index (χ3n) is 4.24. The van der Waals surface area contributed by atoms with Crippen LogP contribution in [0, 0.1) is 0 Å². The number of hydrogen-bond acceptors (Lipinski definition) is 7. The summed E-state index contributed by atoms with van der Waals surface area (Å²) < 4.78 is 10.8. The van der Waals surface area contributed by atoms with E-state index in [0.717, 1.165) is 31.1 Å². The van der Waals surface area contributed by atoms with Crippen molar-refractivity contribution >= 4 is 22.4 Å². The van der Waals surface area contributed by atoms with Gasteiger partial charge < -0.3 is 20.1 Å². The van der Waals surface area contributed by atoms with Crippen LogP contribution >= 0.6 is 11.3 Å². The van der Waals surface area contributed by atoms with Gasteiger partial charge in [-0.1, -0.05) is 6.07 Å². The molecular weight excluding hydrogens is 328 g/mol. The predicted octanol–water partition coefficient (Wildman–Crippen LogP) is 1.41. The molecule has 0 spiro atoms. The molecule has 1 amide bonds. The Kier molecular flexibility index (Phi) is 3.99. The second kappa shape index (κ2) is 6.29. The van der Waals surface area contributed by atoms with Crippen LogP contribution in [-0.4, -0.2) is 53.7 Å². The second-order valence-electron chi connectivity index (χ2n) is 5.83. The summed E-state index contributed by atoms with van der Waals surface area (Å²) in [6.07, 6.45) is 0. The molecular formula is C16H18N4O3S. The lowest BCUT2D eigenvalue weighted by Gasteiger charge is -2.34. The van der Waals surface area contributed by atoms with E-state index in [1.54, 1.807) is 5.38 Å². The highest BCUT2D eigenvalue weighted by atomic mass is 32.1. The number of amides is 1. The van der Waals surface area contributed by atoms with Crippen molar-refractivity contribution in [3.05, 3.63) is 34.8 Å². The van der Waals surface area contributed by atoms with Gasteiger partial charge in [-0.2, -0.15) is 0 Å². The fraction of sp³-hybridized carbons (Fsp3) is 0.375. The van der Waals surface area contributed by atoms with Crippen molar-refractivity contribution in [2.45, 2.75) is 6.54 Å². The number of benzene rings is 1. The second-order valence-corrected chi connectivity index (χ2v) is 6.72. The Hall–Kier alpha value is -2.32. The van der Waals surface area contributed by atoms with Crippen molar-refractivity contribution < 1.29 is 14.3 Å². The number of thiazole rings is 1. The molecule has 4 rings (SSSR count). The van der Waals surface area contributed by atoms with E-state index >= 15 is 0 Å². The third-order valence-corrected chi connectivity index (χ3v) is 4.92. The summed E-state index contributed by atoms with van der Waals surface area (Å²) >= 11 is 1.30. The van der Waals surface area contributed by atoms with Crippen LogP contribution in [0.25, 0.3) is 0 Å². The number of carbonyl (C=O) groups excluding carboxylic acids is 1. The minimum absolute atomic E-state index is 0.0364. The van der Waals surface area contributed by atoms with Crippen LogP contribution in [0.5, 0.6) is 11.5 Å². The van der Waals surface area contributed by atoms with E-state index in [1.807, 2.05) is 17.0 Å². The number of anilines is 1. The molecule has 0 radical (unpaired) electrons. The lowest BCUT2D eigenvalue weighted by Crippen LogP contribution is -2.48. The number of nitrogen functional groups attached to an aromatic ring is 1. The van der Waals surface area contributed by atoms with E-state index in [0.29, 0.717) is 30.7 Å². The summed E-state index contributed by atoms with van der Waals surface area (Å²) in [4.78, 5) is 20.6. The molecule has 7 nitrogen and oxygen atoms in total. The summed E-state index contributed by atoms with van der Waals surface area (Å²) in [5.41, 5.74) is 7.23. The third kappa shape index (κ3) is 3.02. The first-order valence-electron chi connectivity index (χ1n) is 7.80. The normalized spacial score (nSPS) is 17.2. The zero-order valence-electron chi connectivity index (χ0n) is 13.1. The Bertz CT molecular complexity index is 756. The molecule has 126 valence electrons. The SMILES string of the molecule is Nc1nc(C(=O)N2CCN(Cc3ccc4c(c3)OCO4)CC2)cs1. The van der Waals surface area contributed by atoms with E-state index < -0.39 is 0 Å². The minimum Gasteiger partial charge on any atom is -0.454 e. The highest BCUT2D eigenvalue weighted by Gasteiger charge is 2.24. The molecule has 1 aromatic carbocycles. The topological polar surface area (TPSA) is 80.9 Å². The van der Waals surface area contributed by atoms with Crippen molar-refractivity contribution in [3.8, 4) is 11.5 Å². The molecule has 2 aromatic rings. The molecule has 0 saturated carbocycles. The van der Waals surface area contributed by atoms with Gasteiger partial charge in [-0.25, -0.2) is 4.98 Å². The molecule has 1 aromatic heterocycles. The lowest BCUT2D eigenvalue weighted by atomic mass is 10.1.